The van der Waals surface area contributed by atoms with E-state index < -0.39 is 5.97 Å². The predicted octanol–water partition coefficient (Wildman–Crippen LogP) is 1.30. The Kier molecular flexibility index (Phi) is 3.54. The van der Waals surface area contributed by atoms with Crippen LogP contribution in [0.1, 0.15) is 10.5 Å². The fourth-order valence-corrected chi connectivity index (χ4v) is 0.879. The number of hydrogen-bond acceptors (Lipinski definition) is 2. The molecule has 0 aromatic carbocycles. The summed E-state index contributed by atoms with van der Waals surface area (Å²) in [7, 11) is 1.63. The van der Waals surface area contributed by atoms with Crippen LogP contribution in [0.25, 0.3) is 0 Å². The van der Waals surface area contributed by atoms with Gasteiger partial charge in [-0.3, -0.25) is 0 Å². The molecule has 6 heteroatoms. The molecule has 1 aromatic heterocycles. The molecule has 0 spiro atoms. The molecule has 11 heavy (non-hydrogen) atoms. The Morgan fingerprint density at radius 1 is 1.82 bits per heavy atom. The third kappa shape index (κ3) is 1.94. The second-order valence-electron chi connectivity index (χ2n) is 1.78. The summed E-state index contributed by atoms with van der Waals surface area (Å²) in [5.74, 6) is -0.972. The molecule has 0 aliphatic heterocycles. The molecule has 0 aliphatic carbocycles. The molecule has 0 radical (unpaired) electrons. The lowest BCUT2D eigenvalue weighted by molar-refractivity contribution is 0.0686. The Bertz CT molecular complexity index is 273. The van der Waals surface area contributed by atoms with Crippen LogP contribution in [0.3, 0.4) is 0 Å². The number of hydrogen-bond donors (Lipinski definition) is 1. The van der Waals surface area contributed by atoms with Crippen LogP contribution in [0, 0.1) is 0 Å². The topological polar surface area (TPSA) is 55.1 Å². The normalized spacial score (nSPS) is 8.91. The zero-order valence-electron chi connectivity index (χ0n) is 5.61. The molecular weight excluding hydrogens is 235 g/mol. The summed E-state index contributed by atoms with van der Waals surface area (Å²) in [5, 5.41) is 8.50. The molecule has 62 valence electrons. The molecule has 1 N–H and O–H groups in total. The SMILES string of the molecule is Cl.Cn1c(C(=O)O)cnc1Br. The Hall–Kier alpha value is -0.550. The van der Waals surface area contributed by atoms with Crippen molar-refractivity contribution in [3.8, 4) is 0 Å². The van der Waals surface area contributed by atoms with E-state index in [2.05, 4.69) is 20.9 Å². The smallest absolute Gasteiger partial charge is 0.354 e. The first-order valence-electron chi connectivity index (χ1n) is 2.53. The van der Waals surface area contributed by atoms with Crippen LogP contribution in [-0.4, -0.2) is 20.6 Å². The molecule has 0 saturated heterocycles. The Morgan fingerprint density at radius 2 is 2.36 bits per heavy atom. The number of rotatable bonds is 1. The highest BCUT2D eigenvalue weighted by Crippen LogP contribution is 2.08. The first-order chi connectivity index (χ1) is 4.63. The maximum atomic E-state index is 10.4. The number of carboxylic acid groups (broad SMARTS) is 1. The van der Waals surface area contributed by atoms with E-state index in [1.165, 1.54) is 10.8 Å². The number of carboxylic acids is 1. The van der Waals surface area contributed by atoms with Crippen LogP contribution in [0.2, 0.25) is 0 Å². The fourth-order valence-electron chi connectivity index (χ4n) is 0.586. The molecule has 0 unspecified atom stereocenters. The molecule has 1 aromatic rings. The molecule has 0 aliphatic rings. The van der Waals surface area contributed by atoms with Gasteiger partial charge in [-0.2, -0.15) is 0 Å². The zero-order valence-corrected chi connectivity index (χ0v) is 8.02. The third-order valence-corrected chi connectivity index (χ3v) is 1.89. The number of nitrogens with zero attached hydrogens (tertiary/aromatic N) is 2. The monoisotopic (exact) mass is 240 g/mol. The summed E-state index contributed by atoms with van der Waals surface area (Å²) in [6, 6.07) is 0. The van der Waals surface area contributed by atoms with Crippen molar-refractivity contribution in [2.45, 2.75) is 0 Å². The fraction of sp³-hybridized carbons (Fsp3) is 0.200. The van der Waals surface area contributed by atoms with Crippen molar-refractivity contribution < 1.29 is 9.90 Å². The van der Waals surface area contributed by atoms with Crippen LogP contribution in [-0.2, 0) is 7.05 Å². The highest BCUT2D eigenvalue weighted by molar-refractivity contribution is 9.10. The van der Waals surface area contributed by atoms with Crippen LogP contribution >= 0.6 is 28.3 Å². The molecule has 0 saturated carbocycles. The first-order valence-corrected chi connectivity index (χ1v) is 3.32. The quantitative estimate of drug-likeness (QED) is 0.806. The van der Waals surface area contributed by atoms with Crippen molar-refractivity contribution in [2.75, 3.05) is 0 Å². The van der Waals surface area contributed by atoms with Gasteiger partial charge in [0.25, 0.3) is 0 Å². The van der Waals surface area contributed by atoms with Gasteiger partial charge >= 0.3 is 5.97 Å². The van der Waals surface area contributed by atoms with Crippen molar-refractivity contribution in [1.29, 1.82) is 0 Å². The lowest BCUT2D eigenvalue weighted by atomic mass is 10.5. The summed E-state index contributed by atoms with van der Waals surface area (Å²) < 4.78 is 1.97. The van der Waals surface area contributed by atoms with E-state index in [0.717, 1.165) is 0 Å². The lowest BCUT2D eigenvalue weighted by Crippen LogP contribution is -2.03. The molecule has 1 heterocycles. The second kappa shape index (κ2) is 3.73. The Balaban J connectivity index is 0.000001000. The summed E-state index contributed by atoms with van der Waals surface area (Å²) in [5.41, 5.74) is 0.173. The minimum atomic E-state index is -0.972. The van der Waals surface area contributed by atoms with Crippen molar-refractivity contribution in [3.05, 3.63) is 16.6 Å². The highest BCUT2D eigenvalue weighted by atomic mass is 79.9. The minimum absolute atomic E-state index is 0. The van der Waals surface area contributed by atoms with Crippen molar-refractivity contribution in [2.24, 2.45) is 7.05 Å². The van der Waals surface area contributed by atoms with Gasteiger partial charge in [0, 0.05) is 7.05 Å². The minimum Gasteiger partial charge on any atom is -0.477 e. The van der Waals surface area contributed by atoms with Crippen molar-refractivity contribution in [1.82, 2.24) is 9.55 Å². The van der Waals surface area contributed by atoms with Crippen LogP contribution < -0.4 is 0 Å². The zero-order chi connectivity index (χ0) is 7.72. The number of halogens is 2. The molecule has 0 bridgehead atoms. The molecule has 0 fully saturated rings. The molecule has 1 rings (SSSR count). The van der Waals surface area contributed by atoms with Gasteiger partial charge in [0.2, 0.25) is 0 Å². The third-order valence-electron chi connectivity index (χ3n) is 1.15. The molecular formula is C5H6BrClN2O2. The summed E-state index contributed by atoms with van der Waals surface area (Å²) >= 11 is 3.07. The van der Waals surface area contributed by atoms with Crippen molar-refractivity contribution >= 4 is 34.3 Å². The lowest BCUT2D eigenvalue weighted by Gasteiger charge is -1.94. The summed E-state index contributed by atoms with van der Waals surface area (Å²) in [6.07, 6.45) is 1.30. The van der Waals surface area contributed by atoms with E-state index in [4.69, 9.17) is 5.11 Å². The molecule has 0 atom stereocenters. The average Bonchev–Trinajstić information content (AvgIpc) is 2.14. The number of aromatic nitrogens is 2. The van der Waals surface area contributed by atoms with Gasteiger partial charge in [0.1, 0.15) is 5.69 Å². The molecule has 4 nitrogen and oxygen atoms in total. The molecule has 0 amide bonds. The number of aromatic carboxylic acids is 1. The van der Waals surface area contributed by atoms with Crippen molar-refractivity contribution in [3.63, 3.8) is 0 Å². The van der Waals surface area contributed by atoms with Crippen LogP contribution in [0.4, 0.5) is 0 Å². The van der Waals surface area contributed by atoms with E-state index in [1.807, 2.05) is 0 Å². The van der Waals surface area contributed by atoms with E-state index in [9.17, 15) is 4.79 Å². The van der Waals surface area contributed by atoms with Gasteiger partial charge in [-0.25, -0.2) is 9.78 Å². The van der Waals surface area contributed by atoms with E-state index >= 15 is 0 Å². The Labute approximate surface area is 77.8 Å². The average molecular weight is 241 g/mol. The van der Waals surface area contributed by atoms with E-state index in [-0.39, 0.29) is 18.1 Å². The standard InChI is InChI=1S/C5H5BrN2O2.ClH/c1-8-3(4(9)10)2-7-5(8)6;/h2H,1H3,(H,9,10);1H. The van der Waals surface area contributed by atoms with Gasteiger partial charge in [0.15, 0.2) is 4.73 Å². The Morgan fingerprint density at radius 3 is 2.55 bits per heavy atom. The second-order valence-corrected chi connectivity index (χ2v) is 2.49. The predicted molar refractivity (Wildman–Crippen MR) is 45.1 cm³/mol. The van der Waals surface area contributed by atoms with Gasteiger partial charge in [-0.05, 0) is 15.9 Å². The first kappa shape index (κ1) is 10.4. The van der Waals surface area contributed by atoms with E-state index in [1.54, 1.807) is 7.05 Å². The number of carbonyl (C=O) groups is 1. The van der Waals surface area contributed by atoms with Gasteiger partial charge in [-0.15, -0.1) is 12.4 Å². The van der Waals surface area contributed by atoms with E-state index in [0.29, 0.717) is 4.73 Å². The largest absolute Gasteiger partial charge is 0.477 e. The maximum absolute atomic E-state index is 10.4. The van der Waals surface area contributed by atoms with Crippen LogP contribution in [0.15, 0.2) is 10.9 Å². The summed E-state index contributed by atoms with van der Waals surface area (Å²) in [4.78, 5) is 14.1. The summed E-state index contributed by atoms with van der Waals surface area (Å²) in [6.45, 7) is 0. The highest BCUT2D eigenvalue weighted by Gasteiger charge is 2.09. The van der Waals surface area contributed by atoms with Gasteiger partial charge < -0.3 is 9.67 Å². The van der Waals surface area contributed by atoms with Gasteiger partial charge in [-0.1, -0.05) is 0 Å². The maximum Gasteiger partial charge on any atom is 0.354 e. The number of imidazole rings is 1. The van der Waals surface area contributed by atoms with Gasteiger partial charge in [0.05, 0.1) is 6.20 Å². The van der Waals surface area contributed by atoms with Crippen LogP contribution in [0.5, 0.6) is 0 Å².